The van der Waals surface area contributed by atoms with Crippen LogP contribution in [0.5, 0.6) is 0 Å². The fourth-order valence-corrected chi connectivity index (χ4v) is 7.58. The summed E-state index contributed by atoms with van der Waals surface area (Å²) in [6, 6.07) is 29.5. The Morgan fingerprint density at radius 3 is 1.56 bits per heavy atom. The quantitative estimate of drug-likeness (QED) is 0.632. The van der Waals surface area contributed by atoms with E-state index in [0.717, 1.165) is 16.7 Å². The maximum absolute atomic E-state index is 13.7. The van der Waals surface area contributed by atoms with Crippen molar-refractivity contribution in [2.75, 3.05) is 0 Å². The van der Waals surface area contributed by atoms with Gasteiger partial charge >= 0.3 is 0 Å². The van der Waals surface area contributed by atoms with Crippen molar-refractivity contribution in [1.82, 2.24) is 0 Å². The fourth-order valence-electron chi connectivity index (χ4n) is 3.45. The maximum atomic E-state index is 13.7. The number of hydrogen-bond acceptors (Lipinski definition) is 2. The van der Waals surface area contributed by atoms with Crippen LogP contribution in [0.4, 0.5) is 0 Å². The van der Waals surface area contributed by atoms with Gasteiger partial charge in [0, 0.05) is 18.2 Å². The standard InChI is InChI=1S/C23H20O2S2/c24-26-18-22(21-14-8-3-9-15-21)27(25)23(26,16-19-10-4-1-5-11-19)17-20-12-6-2-7-13-20/h1-15,18H,16-17H2. The first-order chi connectivity index (χ1) is 13.2. The first-order valence-corrected chi connectivity index (χ1v) is 11.2. The minimum Gasteiger partial charge on any atom is -0.253 e. The molecule has 3 aromatic carbocycles. The highest BCUT2D eigenvalue weighted by Crippen LogP contribution is 2.42. The van der Waals surface area contributed by atoms with E-state index in [1.807, 2.05) is 91.0 Å². The molecule has 1 aliphatic rings. The predicted octanol–water partition coefficient (Wildman–Crippen LogP) is 4.68. The minimum absolute atomic E-state index is 0.509. The topological polar surface area (TPSA) is 34.1 Å². The van der Waals surface area contributed by atoms with Gasteiger partial charge in [0.25, 0.3) is 0 Å². The summed E-state index contributed by atoms with van der Waals surface area (Å²) >= 11 is 0. The Morgan fingerprint density at radius 1 is 0.630 bits per heavy atom. The Kier molecular flexibility index (Phi) is 5.19. The van der Waals surface area contributed by atoms with Gasteiger partial charge in [0.2, 0.25) is 0 Å². The molecule has 3 aromatic rings. The SMILES string of the molecule is O=S1C=C(c2ccccc2)S(=O)C1(Cc1ccccc1)Cc1ccccc1. The monoisotopic (exact) mass is 392 g/mol. The number of benzene rings is 3. The van der Waals surface area contributed by atoms with Gasteiger partial charge in [-0.05, 0) is 16.7 Å². The highest BCUT2D eigenvalue weighted by Gasteiger charge is 2.48. The van der Waals surface area contributed by atoms with Gasteiger partial charge in [0.05, 0.1) is 26.5 Å². The zero-order valence-corrected chi connectivity index (χ0v) is 16.4. The molecule has 4 heteroatoms. The Bertz CT molecular complexity index is 955. The van der Waals surface area contributed by atoms with E-state index in [0.29, 0.717) is 17.7 Å². The lowest BCUT2D eigenvalue weighted by molar-refractivity contribution is 0.637. The van der Waals surface area contributed by atoms with Crippen LogP contribution in [0.25, 0.3) is 4.91 Å². The molecule has 0 saturated heterocycles. The Hall–Kier alpha value is -2.30. The second kappa shape index (κ2) is 7.75. The van der Waals surface area contributed by atoms with Crippen molar-refractivity contribution in [3.63, 3.8) is 0 Å². The fraction of sp³-hybridized carbons (Fsp3) is 0.130. The molecule has 0 radical (unpaired) electrons. The predicted molar refractivity (Wildman–Crippen MR) is 114 cm³/mol. The van der Waals surface area contributed by atoms with Crippen LogP contribution in [-0.4, -0.2) is 12.5 Å². The summed E-state index contributed by atoms with van der Waals surface area (Å²) in [5.41, 5.74) is 2.99. The maximum Gasteiger partial charge on any atom is 0.137 e. The van der Waals surface area contributed by atoms with E-state index in [2.05, 4.69) is 0 Å². The van der Waals surface area contributed by atoms with E-state index < -0.39 is 25.7 Å². The lowest BCUT2D eigenvalue weighted by atomic mass is 10.0. The van der Waals surface area contributed by atoms with Gasteiger partial charge in [-0.25, -0.2) is 0 Å². The van der Waals surface area contributed by atoms with E-state index in [4.69, 9.17) is 0 Å². The van der Waals surface area contributed by atoms with E-state index in [9.17, 15) is 8.42 Å². The van der Waals surface area contributed by atoms with E-state index in [1.165, 1.54) is 0 Å². The molecule has 0 amide bonds. The summed E-state index contributed by atoms with van der Waals surface area (Å²) in [6.45, 7) is 0. The number of rotatable bonds is 5. The molecule has 27 heavy (non-hydrogen) atoms. The molecule has 0 N–H and O–H groups in total. The lowest BCUT2D eigenvalue weighted by Gasteiger charge is -2.27. The van der Waals surface area contributed by atoms with Gasteiger partial charge in [-0.1, -0.05) is 91.0 Å². The zero-order chi connectivity index (χ0) is 18.7. The molecule has 0 fully saturated rings. The van der Waals surface area contributed by atoms with Gasteiger partial charge in [-0.2, -0.15) is 0 Å². The van der Waals surface area contributed by atoms with Crippen molar-refractivity contribution >= 4 is 26.5 Å². The molecule has 4 rings (SSSR count). The molecular formula is C23H20O2S2. The van der Waals surface area contributed by atoms with Gasteiger partial charge in [-0.3, -0.25) is 8.42 Å². The van der Waals surface area contributed by atoms with Gasteiger partial charge in [0.15, 0.2) is 0 Å². The summed E-state index contributed by atoms with van der Waals surface area (Å²) in [5, 5.41) is 1.71. The van der Waals surface area contributed by atoms with Crippen LogP contribution in [0, 0.1) is 0 Å². The Morgan fingerprint density at radius 2 is 1.07 bits per heavy atom. The van der Waals surface area contributed by atoms with Crippen LogP contribution < -0.4 is 0 Å². The highest BCUT2D eigenvalue weighted by atomic mass is 32.2. The average molecular weight is 393 g/mol. The summed E-state index contributed by atoms with van der Waals surface area (Å²) in [6.07, 6.45) is 1.02. The van der Waals surface area contributed by atoms with Crippen LogP contribution in [0.2, 0.25) is 0 Å². The normalized spacial score (nSPS) is 21.0. The second-order valence-corrected chi connectivity index (χ2v) is 10.3. The summed E-state index contributed by atoms with van der Waals surface area (Å²) in [7, 11) is -2.72. The molecule has 0 spiro atoms. The van der Waals surface area contributed by atoms with Crippen molar-refractivity contribution in [3.8, 4) is 0 Å². The highest BCUT2D eigenvalue weighted by molar-refractivity contribution is 8.13. The van der Waals surface area contributed by atoms with Crippen LogP contribution in [0.3, 0.4) is 0 Å². The third kappa shape index (κ3) is 3.60. The van der Waals surface area contributed by atoms with Gasteiger partial charge in [0.1, 0.15) is 4.08 Å². The van der Waals surface area contributed by atoms with Crippen molar-refractivity contribution in [2.45, 2.75) is 16.9 Å². The van der Waals surface area contributed by atoms with Crippen LogP contribution in [-0.2, 0) is 34.4 Å². The largest absolute Gasteiger partial charge is 0.253 e. The first kappa shape index (κ1) is 18.1. The van der Waals surface area contributed by atoms with Crippen molar-refractivity contribution in [3.05, 3.63) is 113 Å². The molecule has 0 aromatic heterocycles. The number of hydrogen-bond donors (Lipinski definition) is 0. The van der Waals surface area contributed by atoms with Crippen molar-refractivity contribution in [1.29, 1.82) is 0 Å². The molecule has 0 bridgehead atoms. The third-order valence-electron chi connectivity index (χ3n) is 4.81. The molecule has 0 saturated carbocycles. The van der Waals surface area contributed by atoms with Crippen LogP contribution >= 0.6 is 0 Å². The second-order valence-electron chi connectivity index (χ2n) is 6.65. The molecule has 0 aliphatic carbocycles. The van der Waals surface area contributed by atoms with Gasteiger partial charge < -0.3 is 0 Å². The average Bonchev–Trinajstić information content (AvgIpc) is 2.95. The van der Waals surface area contributed by atoms with Gasteiger partial charge in [-0.15, -0.1) is 0 Å². The molecule has 136 valence electrons. The molecule has 1 heterocycles. The van der Waals surface area contributed by atoms with Crippen LogP contribution in [0.15, 0.2) is 96.4 Å². The van der Waals surface area contributed by atoms with Crippen molar-refractivity contribution < 1.29 is 8.42 Å². The molecule has 1 aliphatic heterocycles. The summed E-state index contributed by atoms with van der Waals surface area (Å²) in [5.74, 6) is 0. The van der Waals surface area contributed by atoms with Crippen molar-refractivity contribution in [2.24, 2.45) is 0 Å². The Labute approximate surface area is 164 Å². The zero-order valence-electron chi connectivity index (χ0n) is 14.8. The first-order valence-electron chi connectivity index (χ1n) is 8.87. The molecule has 2 nitrogen and oxygen atoms in total. The molecule has 2 unspecified atom stereocenters. The summed E-state index contributed by atoms with van der Waals surface area (Å²) < 4.78 is 26.2. The minimum atomic E-state index is -1.38. The lowest BCUT2D eigenvalue weighted by Crippen LogP contribution is -2.40. The van der Waals surface area contributed by atoms with E-state index in [1.54, 1.807) is 5.41 Å². The smallest absolute Gasteiger partial charge is 0.137 e. The van der Waals surface area contributed by atoms with E-state index in [-0.39, 0.29) is 0 Å². The molecular weight excluding hydrogens is 372 g/mol. The Balaban J connectivity index is 1.76. The van der Waals surface area contributed by atoms with Crippen LogP contribution in [0.1, 0.15) is 16.7 Å². The summed E-state index contributed by atoms with van der Waals surface area (Å²) in [4.78, 5) is 0.681. The van der Waals surface area contributed by atoms with E-state index >= 15 is 0 Å². The third-order valence-corrected chi connectivity index (χ3v) is 9.09. The molecule has 2 atom stereocenters.